The van der Waals surface area contributed by atoms with Crippen LogP contribution in [0.3, 0.4) is 0 Å². The number of amidine groups is 1. The van der Waals surface area contributed by atoms with Crippen molar-refractivity contribution >= 4 is 76.3 Å². The monoisotopic (exact) mass is 538 g/mol. The summed E-state index contributed by atoms with van der Waals surface area (Å²) in [4.78, 5) is 16.6. The fraction of sp³-hybridized carbons (Fsp3) is 0.231. The zero-order valence-electron chi connectivity index (χ0n) is 19.5. The normalized spacial score (nSPS) is 15.7. The first-order valence-electron chi connectivity index (χ1n) is 10.8. The van der Waals surface area contributed by atoms with Crippen LogP contribution in [0.4, 0.5) is 10.0 Å². The van der Waals surface area contributed by atoms with Crippen LogP contribution in [0.5, 0.6) is 0 Å². The molecule has 0 bridgehead atoms. The fourth-order valence-corrected chi connectivity index (χ4v) is 11.4. The summed E-state index contributed by atoms with van der Waals surface area (Å²) >= 11 is 6.73. The Hall–Kier alpha value is -3.64. The van der Waals surface area contributed by atoms with Crippen LogP contribution in [-0.2, 0) is 10.8 Å². The minimum Gasteiger partial charge on any atom is -0.351 e. The van der Waals surface area contributed by atoms with Gasteiger partial charge in [0.25, 0.3) is 0 Å². The van der Waals surface area contributed by atoms with Crippen LogP contribution in [0.2, 0.25) is 0 Å². The maximum absolute atomic E-state index is 9.12. The van der Waals surface area contributed by atoms with Crippen molar-refractivity contribution in [3.63, 3.8) is 0 Å². The molecule has 6 rings (SSSR count). The molecule has 0 unspecified atom stereocenters. The molecule has 6 nitrogen and oxygen atoms in total. The van der Waals surface area contributed by atoms with Crippen LogP contribution in [-0.4, -0.2) is 11.5 Å². The number of fused-ring (bicyclic) bond motifs is 9. The lowest BCUT2D eigenvalue weighted by Crippen LogP contribution is -2.14. The molecule has 2 aliphatic carbocycles. The van der Waals surface area contributed by atoms with E-state index >= 15 is 0 Å². The van der Waals surface area contributed by atoms with Gasteiger partial charge < -0.3 is 4.85 Å². The second-order valence-corrected chi connectivity index (χ2v) is 13.6. The van der Waals surface area contributed by atoms with E-state index in [0.717, 1.165) is 0 Å². The summed E-state index contributed by atoms with van der Waals surface area (Å²) in [7, 11) is 0. The van der Waals surface area contributed by atoms with Crippen molar-refractivity contribution in [2.45, 2.75) is 38.5 Å². The number of thiophene rings is 4. The van der Waals surface area contributed by atoms with Crippen LogP contribution in [0.25, 0.3) is 33.8 Å². The molecule has 0 aromatic carbocycles. The highest BCUT2D eigenvalue weighted by atomic mass is 32.1. The Morgan fingerprint density at radius 2 is 1.22 bits per heavy atom. The molecule has 0 amide bonds. The molecule has 4 heterocycles. The first-order valence-corrected chi connectivity index (χ1v) is 14.1. The number of hydrogen-bond acceptors (Lipinski definition) is 9. The van der Waals surface area contributed by atoms with Crippen molar-refractivity contribution in [1.29, 1.82) is 15.8 Å². The number of rotatable bonds is 2. The lowest BCUT2D eigenvalue weighted by atomic mass is 9.82. The maximum Gasteiger partial charge on any atom is 0.350 e. The van der Waals surface area contributed by atoms with E-state index in [0.29, 0.717) is 10.0 Å². The van der Waals surface area contributed by atoms with Crippen LogP contribution < -0.4 is 0 Å². The molecule has 172 valence electrons. The van der Waals surface area contributed by atoms with Gasteiger partial charge in [0.1, 0.15) is 23.2 Å². The highest BCUT2D eigenvalue weighted by Crippen LogP contribution is 2.66. The van der Waals surface area contributed by atoms with Gasteiger partial charge >= 0.3 is 5.84 Å². The van der Waals surface area contributed by atoms with Crippen molar-refractivity contribution in [3.05, 3.63) is 45.8 Å². The van der Waals surface area contributed by atoms with E-state index in [-0.39, 0.29) is 22.4 Å². The van der Waals surface area contributed by atoms with Gasteiger partial charge in [-0.25, -0.2) is 10.3 Å². The van der Waals surface area contributed by atoms with Gasteiger partial charge in [-0.3, -0.25) is 0 Å². The standard InChI is InChI=1S/C26H14N6S4/c1-25(2)12-6-15(31-11(8-27)9-28)33-19(12)21-17(25)23-24(35-21)18-22(36-23)20-13(26(18,3)4)7-16(34-20)32-14(10-29)30-5/h6-7H,1-4H3. The summed E-state index contributed by atoms with van der Waals surface area (Å²) in [5.41, 5.74) is 4.49. The second kappa shape index (κ2) is 7.43. The van der Waals surface area contributed by atoms with Crippen LogP contribution in [0.1, 0.15) is 49.9 Å². The van der Waals surface area contributed by atoms with Gasteiger partial charge in [0.05, 0.1) is 28.9 Å². The van der Waals surface area contributed by atoms with E-state index in [1.54, 1.807) is 22.7 Å². The second-order valence-electron chi connectivity index (χ2n) is 9.52. The van der Waals surface area contributed by atoms with Gasteiger partial charge in [-0.15, -0.1) is 34.0 Å². The van der Waals surface area contributed by atoms with Crippen molar-refractivity contribution in [3.8, 4) is 37.7 Å². The molecule has 0 saturated heterocycles. The molecule has 4 aromatic rings. The summed E-state index contributed by atoms with van der Waals surface area (Å²) < 4.78 is 2.62. The Morgan fingerprint density at radius 3 is 1.64 bits per heavy atom. The average Bonchev–Trinajstić information content (AvgIpc) is 3.63. The van der Waals surface area contributed by atoms with Crippen molar-refractivity contribution in [2.75, 3.05) is 0 Å². The van der Waals surface area contributed by atoms with Crippen LogP contribution >= 0.6 is 45.3 Å². The molecular weight excluding hydrogens is 525 g/mol. The van der Waals surface area contributed by atoms with E-state index in [4.69, 9.17) is 22.4 Å². The molecule has 0 aliphatic heterocycles. The minimum absolute atomic E-state index is 0.132. The largest absolute Gasteiger partial charge is 0.351 e. The summed E-state index contributed by atoms with van der Waals surface area (Å²) in [6, 6.07) is 9.59. The van der Waals surface area contributed by atoms with Crippen LogP contribution in [0.15, 0.2) is 22.1 Å². The lowest BCUT2D eigenvalue weighted by Gasteiger charge is -2.20. The first-order chi connectivity index (χ1) is 17.1. The molecule has 36 heavy (non-hydrogen) atoms. The van der Waals surface area contributed by atoms with Crippen molar-refractivity contribution in [1.82, 2.24) is 0 Å². The first kappa shape index (κ1) is 22.8. The molecule has 0 atom stereocenters. The molecule has 2 aliphatic rings. The predicted octanol–water partition coefficient (Wildman–Crippen LogP) is 8.29. The zero-order chi connectivity index (χ0) is 25.6. The Balaban J connectivity index is 1.54. The quantitative estimate of drug-likeness (QED) is 0.146. The number of aliphatic imine (C=N–C) groups is 2. The summed E-state index contributed by atoms with van der Waals surface area (Å²) in [6.45, 7) is 16.1. The Morgan fingerprint density at radius 1 is 0.750 bits per heavy atom. The Bertz CT molecular complexity index is 1720. The van der Waals surface area contributed by atoms with E-state index in [2.05, 4.69) is 42.5 Å². The van der Waals surface area contributed by atoms with E-state index < -0.39 is 0 Å². The minimum atomic E-state index is -0.222. The lowest BCUT2D eigenvalue weighted by molar-refractivity contribution is 0.666. The van der Waals surface area contributed by atoms with E-state index in [1.807, 2.05) is 53.0 Å². The Labute approximate surface area is 223 Å². The molecule has 0 saturated carbocycles. The number of nitrogens with zero attached hydrogens (tertiary/aromatic N) is 6. The van der Waals surface area contributed by atoms with Gasteiger partial charge in [-0.1, -0.05) is 50.6 Å². The number of hydrogen-bond donors (Lipinski definition) is 0. The van der Waals surface area contributed by atoms with Gasteiger partial charge in [0, 0.05) is 16.9 Å². The molecular formula is C26H14N6S4. The summed E-state index contributed by atoms with van der Waals surface area (Å²) in [5, 5.41) is 28.7. The van der Waals surface area contributed by atoms with Gasteiger partial charge in [0.2, 0.25) is 10.7 Å². The smallest absolute Gasteiger partial charge is 0.350 e. The third kappa shape index (κ3) is 2.82. The third-order valence-corrected chi connectivity index (χ3v) is 11.8. The van der Waals surface area contributed by atoms with Crippen molar-refractivity contribution in [2.24, 2.45) is 9.98 Å². The SMILES string of the molecule is [C-]#[N+]C(C#N)=Nc1cc2c(s1)-c1sc3c4c(sc3c1C2(C)C)-c1sc(N=C(C#N)C#N)cc1C4(C)C. The molecule has 0 N–H and O–H groups in total. The van der Waals surface area contributed by atoms with Crippen molar-refractivity contribution < 1.29 is 0 Å². The van der Waals surface area contributed by atoms with Gasteiger partial charge in [0.15, 0.2) is 0 Å². The predicted molar refractivity (Wildman–Crippen MR) is 148 cm³/mol. The fourth-order valence-electron chi connectivity index (χ4n) is 5.16. The Kier molecular flexibility index (Phi) is 4.71. The van der Waals surface area contributed by atoms with Gasteiger partial charge in [-0.2, -0.15) is 10.5 Å². The van der Waals surface area contributed by atoms with E-state index in [9.17, 15) is 0 Å². The molecule has 0 radical (unpaired) electrons. The van der Waals surface area contributed by atoms with Gasteiger partial charge in [-0.05, 0) is 28.3 Å². The third-order valence-electron chi connectivity index (χ3n) is 6.83. The van der Waals surface area contributed by atoms with Crippen LogP contribution in [0, 0.1) is 40.6 Å². The highest BCUT2D eigenvalue weighted by molar-refractivity contribution is 7.35. The van der Waals surface area contributed by atoms with E-state index in [1.165, 1.54) is 51.2 Å². The topological polar surface area (TPSA) is 100 Å². The molecule has 0 spiro atoms. The molecule has 4 aromatic heterocycles. The molecule has 0 fully saturated rings. The number of nitriles is 3. The average molecular weight is 539 g/mol. The molecule has 10 heteroatoms. The highest BCUT2D eigenvalue weighted by Gasteiger charge is 2.46. The zero-order valence-corrected chi connectivity index (χ0v) is 22.7. The summed E-state index contributed by atoms with van der Waals surface area (Å²) in [5.74, 6) is -0.147. The maximum atomic E-state index is 9.12. The summed E-state index contributed by atoms with van der Waals surface area (Å²) in [6.07, 6.45) is 0.